The molecule has 0 radical (unpaired) electrons. The Balaban J connectivity index is 1.70. The number of nitrogens with one attached hydrogen (secondary N) is 1. The second-order valence-electron chi connectivity index (χ2n) is 7.44. The van der Waals surface area contributed by atoms with Gasteiger partial charge in [-0.2, -0.15) is 0 Å². The molecule has 0 aliphatic heterocycles. The van der Waals surface area contributed by atoms with Crippen LogP contribution in [0.5, 0.6) is 17.2 Å². The summed E-state index contributed by atoms with van der Waals surface area (Å²) in [6.07, 6.45) is 3.66. The third kappa shape index (κ3) is 2.99. The molecule has 3 heterocycles. The van der Waals surface area contributed by atoms with Crippen LogP contribution in [-0.2, 0) is 7.05 Å². The predicted octanol–water partition coefficient (Wildman–Crippen LogP) is 3.90. The van der Waals surface area contributed by atoms with Gasteiger partial charge in [0, 0.05) is 29.7 Å². The number of hydrogen-bond acceptors (Lipinski definition) is 5. The second kappa shape index (κ2) is 7.49. The van der Waals surface area contributed by atoms with Crippen molar-refractivity contribution in [3.8, 4) is 34.2 Å². The normalized spacial score (nSPS) is 11.2. The summed E-state index contributed by atoms with van der Waals surface area (Å²) in [5.41, 5.74) is 4.48. The van der Waals surface area contributed by atoms with Crippen LogP contribution < -0.4 is 19.9 Å². The first kappa shape index (κ1) is 19.7. The molecule has 0 saturated carbocycles. The van der Waals surface area contributed by atoms with Gasteiger partial charge in [-0.3, -0.25) is 9.55 Å². The Bertz CT molecular complexity index is 1500. The molecule has 8 nitrogen and oxygen atoms in total. The van der Waals surface area contributed by atoms with E-state index in [-0.39, 0.29) is 5.69 Å². The van der Waals surface area contributed by atoms with E-state index in [1.165, 1.54) is 0 Å². The first-order chi connectivity index (χ1) is 15.5. The van der Waals surface area contributed by atoms with Crippen molar-refractivity contribution in [3.05, 3.63) is 65.3 Å². The molecule has 0 atom stereocenters. The van der Waals surface area contributed by atoms with Crippen LogP contribution in [0.15, 0.2) is 59.7 Å². The van der Waals surface area contributed by atoms with Gasteiger partial charge in [0.2, 0.25) is 5.75 Å². The average molecular weight is 430 g/mol. The van der Waals surface area contributed by atoms with Crippen LogP contribution in [0.25, 0.3) is 38.9 Å². The van der Waals surface area contributed by atoms with Gasteiger partial charge in [0.05, 0.1) is 49.9 Å². The summed E-state index contributed by atoms with van der Waals surface area (Å²) in [7, 11) is 6.70. The van der Waals surface area contributed by atoms with E-state index in [0.29, 0.717) is 28.5 Å². The van der Waals surface area contributed by atoms with Gasteiger partial charge in [0.1, 0.15) is 0 Å². The lowest BCUT2D eigenvalue weighted by molar-refractivity contribution is 0.324. The molecule has 2 aromatic carbocycles. The van der Waals surface area contributed by atoms with Crippen LogP contribution in [0, 0.1) is 0 Å². The van der Waals surface area contributed by atoms with Crippen molar-refractivity contribution in [3.63, 3.8) is 0 Å². The Labute approximate surface area is 183 Å². The van der Waals surface area contributed by atoms with E-state index in [1.54, 1.807) is 32.1 Å². The van der Waals surface area contributed by atoms with E-state index in [0.717, 1.165) is 27.7 Å². The van der Waals surface area contributed by atoms with Gasteiger partial charge in [-0.25, -0.2) is 4.79 Å². The zero-order valence-corrected chi connectivity index (χ0v) is 18.2. The monoisotopic (exact) mass is 430 g/mol. The first-order valence-corrected chi connectivity index (χ1v) is 10.0. The number of rotatable bonds is 5. The number of hydrogen-bond donors (Lipinski definition) is 1. The van der Waals surface area contributed by atoms with Crippen molar-refractivity contribution in [2.45, 2.75) is 0 Å². The standard InChI is InChI=1S/C24H22N4O4/c1-27-8-7-14-9-16(5-6-19(14)27)28-20-12-17(25-13-18(20)26-24(28)29)15-10-21(30-2)23(32-4)22(11-15)31-3/h5-13H,1-4H3,(H,26,29). The second-order valence-corrected chi connectivity index (χ2v) is 7.44. The fraction of sp³-hybridized carbons (Fsp3) is 0.167. The molecule has 0 spiro atoms. The topological polar surface area (TPSA) is 83.3 Å². The number of aromatic nitrogens is 4. The lowest BCUT2D eigenvalue weighted by atomic mass is 10.1. The third-order valence-electron chi connectivity index (χ3n) is 5.66. The van der Waals surface area contributed by atoms with E-state index in [4.69, 9.17) is 14.2 Å². The number of nitrogens with zero attached hydrogens (tertiary/aromatic N) is 3. The summed E-state index contributed by atoms with van der Waals surface area (Å²) in [6, 6.07) is 13.5. The van der Waals surface area contributed by atoms with Crippen LogP contribution in [0.2, 0.25) is 0 Å². The van der Waals surface area contributed by atoms with Crippen molar-refractivity contribution in [2.75, 3.05) is 21.3 Å². The predicted molar refractivity (Wildman–Crippen MR) is 123 cm³/mol. The minimum Gasteiger partial charge on any atom is -0.493 e. The molecule has 32 heavy (non-hydrogen) atoms. The van der Waals surface area contributed by atoms with Gasteiger partial charge in [-0.05, 0) is 42.5 Å². The summed E-state index contributed by atoms with van der Waals surface area (Å²) in [5.74, 6) is 1.57. The molecular weight excluding hydrogens is 408 g/mol. The molecule has 0 aliphatic rings. The molecule has 0 bridgehead atoms. The van der Waals surface area contributed by atoms with Crippen molar-refractivity contribution >= 4 is 21.9 Å². The Morgan fingerprint density at radius 3 is 2.34 bits per heavy atom. The molecule has 0 unspecified atom stereocenters. The average Bonchev–Trinajstić information content (AvgIpc) is 3.35. The molecule has 0 fully saturated rings. The van der Waals surface area contributed by atoms with Gasteiger partial charge in [-0.15, -0.1) is 0 Å². The highest BCUT2D eigenvalue weighted by molar-refractivity contribution is 5.85. The summed E-state index contributed by atoms with van der Waals surface area (Å²) in [4.78, 5) is 20.3. The smallest absolute Gasteiger partial charge is 0.331 e. The maximum absolute atomic E-state index is 12.8. The number of pyridine rings is 1. The SMILES string of the molecule is COc1cc(-c2cc3c(cn2)[nH]c(=O)n3-c2ccc3c(ccn3C)c2)cc(OC)c1OC. The Morgan fingerprint density at radius 1 is 0.906 bits per heavy atom. The van der Waals surface area contributed by atoms with Gasteiger partial charge >= 0.3 is 5.69 Å². The highest BCUT2D eigenvalue weighted by Crippen LogP contribution is 2.41. The van der Waals surface area contributed by atoms with Crippen LogP contribution >= 0.6 is 0 Å². The molecule has 1 N–H and O–H groups in total. The van der Waals surface area contributed by atoms with Gasteiger partial charge in [0.25, 0.3) is 0 Å². The molecular formula is C24H22N4O4. The number of benzene rings is 2. The Kier molecular flexibility index (Phi) is 4.62. The van der Waals surface area contributed by atoms with Crippen molar-refractivity contribution < 1.29 is 14.2 Å². The van der Waals surface area contributed by atoms with Gasteiger partial charge in [-0.1, -0.05) is 0 Å². The molecule has 0 amide bonds. The maximum atomic E-state index is 12.8. The quantitative estimate of drug-likeness (QED) is 0.457. The molecule has 5 aromatic rings. The molecule has 162 valence electrons. The van der Waals surface area contributed by atoms with Crippen LogP contribution in [0.3, 0.4) is 0 Å². The number of fused-ring (bicyclic) bond motifs is 2. The number of methoxy groups -OCH3 is 3. The third-order valence-corrected chi connectivity index (χ3v) is 5.66. The largest absolute Gasteiger partial charge is 0.493 e. The maximum Gasteiger partial charge on any atom is 0.331 e. The van der Waals surface area contributed by atoms with E-state index in [1.807, 2.05) is 60.3 Å². The molecule has 0 aliphatic carbocycles. The minimum atomic E-state index is -0.223. The fourth-order valence-electron chi connectivity index (χ4n) is 4.06. The van der Waals surface area contributed by atoms with E-state index in [9.17, 15) is 4.79 Å². The van der Waals surface area contributed by atoms with Gasteiger partial charge < -0.3 is 23.8 Å². The van der Waals surface area contributed by atoms with Crippen molar-refractivity contribution in [2.24, 2.45) is 7.05 Å². The van der Waals surface area contributed by atoms with Crippen molar-refractivity contribution in [1.82, 2.24) is 19.1 Å². The zero-order valence-electron chi connectivity index (χ0n) is 18.2. The Hall–Kier alpha value is -4.20. The number of H-pyrrole nitrogens is 1. The number of aromatic amines is 1. The van der Waals surface area contributed by atoms with E-state index in [2.05, 4.69) is 9.97 Å². The minimum absolute atomic E-state index is 0.223. The van der Waals surface area contributed by atoms with Crippen LogP contribution in [-0.4, -0.2) is 40.4 Å². The summed E-state index contributed by atoms with van der Waals surface area (Å²) in [6.45, 7) is 0. The summed E-state index contributed by atoms with van der Waals surface area (Å²) >= 11 is 0. The summed E-state index contributed by atoms with van der Waals surface area (Å²) in [5, 5.41) is 1.06. The zero-order chi connectivity index (χ0) is 22.4. The highest BCUT2D eigenvalue weighted by Gasteiger charge is 2.17. The number of imidazole rings is 1. The summed E-state index contributed by atoms with van der Waals surface area (Å²) < 4.78 is 20.1. The number of aryl methyl sites for hydroxylation is 1. The fourth-order valence-corrected chi connectivity index (χ4v) is 4.06. The Morgan fingerprint density at radius 2 is 1.66 bits per heavy atom. The molecule has 3 aromatic heterocycles. The van der Waals surface area contributed by atoms with Gasteiger partial charge in [0.15, 0.2) is 11.5 Å². The van der Waals surface area contributed by atoms with Crippen LogP contribution in [0.1, 0.15) is 0 Å². The van der Waals surface area contributed by atoms with Crippen molar-refractivity contribution in [1.29, 1.82) is 0 Å². The van der Waals surface area contributed by atoms with Crippen LogP contribution in [0.4, 0.5) is 0 Å². The van der Waals surface area contributed by atoms with E-state index < -0.39 is 0 Å². The number of ether oxygens (including phenoxy) is 3. The lowest BCUT2D eigenvalue weighted by Gasteiger charge is -2.14. The molecule has 5 rings (SSSR count). The lowest BCUT2D eigenvalue weighted by Crippen LogP contribution is -2.14. The van der Waals surface area contributed by atoms with E-state index >= 15 is 0 Å². The molecule has 8 heteroatoms. The first-order valence-electron chi connectivity index (χ1n) is 10.0. The molecule has 0 saturated heterocycles. The highest BCUT2D eigenvalue weighted by atomic mass is 16.5.